The van der Waals surface area contributed by atoms with Crippen molar-refractivity contribution in [3.63, 3.8) is 0 Å². The lowest BCUT2D eigenvalue weighted by atomic mass is 10.2. The molecule has 0 saturated heterocycles. The predicted molar refractivity (Wildman–Crippen MR) is 62.3 cm³/mol. The van der Waals surface area contributed by atoms with Gasteiger partial charge in [0.15, 0.2) is 0 Å². The molecule has 0 unspecified atom stereocenters. The number of nitrogens with two attached hydrogens (primary N) is 1. The number of rotatable bonds is 3. The van der Waals surface area contributed by atoms with E-state index in [-0.39, 0.29) is 12.1 Å². The predicted octanol–water partition coefficient (Wildman–Crippen LogP) is 2.55. The van der Waals surface area contributed by atoms with Gasteiger partial charge in [-0.1, -0.05) is 6.07 Å². The Hall–Kier alpha value is -2.17. The van der Waals surface area contributed by atoms with Crippen LogP contribution in [-0.2, 0) is 6.54 Å². The number of hydrogen-bond donors (Lipinski definition) is 2. The van der Waals surface area contributed by atoms with Gasteiger partial charge in [-0.05, 0) is 30.3 Å². The number of aromatic nitrogens is 1. The van der Waals surface area contributed by atoms with Crippen LogP contribution in [0.15, 0.2) is 36.4 Å². The van der Waals surface area contributed by atoms with Gasteiger partial charge in [-0.25, -0.2) is 13.8 Å². The molecular formula is C12H11F2N3. The van der Waals surface area contributed by atoms with Crippen molar-refractivity contribution in [3.05, 3.63) is 53.6 Å². The molecule has 0 bridgehead atoms. The molecule has 0 aliphatic carbocycles. The smallest absolute Gasteiger partial charge is 0.128 e. The van der Waals surface area contributed by atoms with E-state index >= 15 is 0 Å². The highest BCUT2D eigenvalue weighted by Gasteiger charge is 2.04. The molecule has 1 aromatic heterocycles. The van der Waals surface area contributed by atoms with E-state index in [1.54, 1.807) is 18.2 Å². The molecule has 0 aliphatic rings. The Kier molecular flexibility index (Phi) is 3.18. The van der Waals surface area contributed by atoms with E-state index in [9.17, 15) is 8.78 Å². The SMILES string of the molecule is Nc1cccc(NCc2cc(F)ccc2F)n1. The van der Waals surface area contributed by atoms with Crippen LogP contribution in [0, 0.1) is 11.6 Å². The Morgan fingerprint density at radius 2 is 2.00 bits per heavy atom. The summed E-state index contributed by atoms with van der Waals surface area (Å²) in [5.74, 6) is -0.0325. The molecule has 0 saturated carbocycles. The molecule has 88 valence electrons. The maximum atomic E-state index is 13.3. The lowest BCUT2D eigenvalue weighted by Crippen LogP contribution is -2.04. The molecule has 0 aliphatic heterocycles. The lowest BCUT2D eigenvalue weighted by Gasteiger charge is -2.07. The van der Waals surface area contributed by atoms with Gasteiger partial charge < -0.3 is 11.1 Å². The van der Waals surface area contributed by atoms with Crippen molar-refractivity contribution in [1.82, 2.24) is 4.98 Å². The zero-order chi connectivity index (χ0) is 12.3. The fourth-order valence-corrected chi connectivity index (χ4v) is 1.41. The summed E-state index contributed by atoms with van der Waals surface area (Å²) in [6, 6.07) is 8.40. The molecule has 5 heteroatoms. The van der Waals surface area contributed by atoms with Gasteiger partial charge >= 0.3 is 0 Å². The first-order valence-electron chi connectivity index (χ1n) is 5.05. The summed E-state index contributed by atoms with van der Waals surface area (Å²) >= 11 is 0. The van der Waals surface area contributed by atoms with E-state index in [1.165, 1.54) is 0 Å². The van der Waals surface area contributed by atoms with Gasteiger partial charge in [0.1, 0.15) is 23.3 Å². The number of pyridine rings is 1. The first kappa shape index (κ1) is 11.3. The Morgan fingerprint density at radius 1 is 1.18 bits per heavy atom. The third kappa shape index (κ3) is 2.90. The third-order valence-electron chi connectivity index (χ3n) is 2.24. The van der Waals surface area contributed by atoms with Gasteiger partial charge in [-0.3, -0.25) is 0 Å². The van der Waals surface area contributed by atoms with Gasteiger partial charge in [0, 0.05) is 12.1 Å². The third-order valence-corrected chi connectivity index (χ3v) is 2.24. The summed E-state index contributed by atoms with van der Waals surface area (Å²) in [4.78, 5) is 3.99. The van der Waals surface area contributed by atoms with Crippen LogP contribution in [-0.4, -0.2) is 4.98 Å². The van der Waals surface area contributed by atoms with Crippen molar-refractivity contribution < 1.29 is 8.78 Å². The Morgan fingerprint density at radius 3 is 2.76 bits per heavy atom. The Bertz CT molecular complexity index is 529. The van der Waals surface area contributed by atoms with E-state index in [0.717, 1.165) is 18.2 Å². The molecule has 2 rings (SSSR count). The second-order valence-electron chi connectivity index (χ2n) is 3.54. The van der Waals surface area contributed by atoms with E-state index in [1.807, 2.05) is 0 Å². The maximum absolute atomic E-state index is 13.3. The first-order valence-corrected chi connectivity index (χ1v) is 5.05. The molecule has 2 aromatic rings. The van der Waals surface area contributed by atoms with Crippen LogP contribution in [0.3, 0.4) is 0 Å². The molecule has 0 amide bonds. The van der Waals surface area contributed by atoms with Gasteiger partial charge in [-0.15, -0.1) is 0 Å². The highest BCUT2D eigenvalue weighted by molar-refractivity contribution is 5.42. The minimum absolute atomic E-state index is 0.153. The highest BCUT2D eigenvalue weighted by Crippen LogP contribution is 2.12. The standard InChI is InChI=1S/C12H11F2N3/c13-9-4-5-10(14)8(6-9)7-16-12-3-1-2-11(15)17-12/h1-6H,7H2,(H3,15,16,17). The van der Waals surface area contributed by atoms with E-state index < -0.39 is 11.6 Å². The quantitative estimate of drug-likeness (QED) is 0.859. The Labute approximate surface area is 97.3 Å². The van der Waals surface area contributed by atoms with E-state index in [4.69, 9.17) is 5.73 Å². The topological polar surface area (TPSA) is 50.9 Å². The monoisotopic (exact) mass is 235 g/mol. The van der Waals surface area contributed by atoms with Gasteiger partial charge in [0.25, 0.3) is 0 Å². The highest BCUT2D eigenvalue weighted by atomic mass is 19.1. The number of benzene rings is 1. The lowest BCUT2D eigenvalue weighted by molar-refractivity contribution is 0.587. The molecule has 1 aromatic carbocycles. The molecule has 0 radical (unpaired) electrons. The normalized spacial score (nSPS) is 10.2. The Balaban J connectivity index is 2.09. The van der Waals surface area contributed by atoms with E-state index in [0.29, 0.717) is 11.6 Å². The molecule has 17 heavy (non-hydrogen) atoms. The van der Waals surface area contributed by atoms with Crippen LogP contribution in [0.4, 0.5) is 20.4 Å². The zero-order valence-electron chi connectivity index (χ0n) is 8.95. The van der Waals surface area contributed by atoms with Crippen LogP contribution in [0.2, 0.25) is 0 Å². The number of nitrogens with zero attached hydrogens (tertiary/aromatic N) is 1. The molecule has 3 nitrogen and oxygen atoms in total. The van der Waals surface area contributed by atoms with Crippen molar-refractivity contribution in [2.45, 2.75) is 6.54 Å². The molecule has 0 spiro atoms. The van der Waals surface area contributed by atoms with Crippen LogP contribution < -0.4 is 11.1 Å². The number of hydrogen-bond acceptors (Lipinski definition) is 3. The summed E-state index contributed by atoms with van der Waals surface area (Å²) in [5, 5.41) is 2.87. The first-order chi connectivity index (χ1) is 8.15. The summed E-state index contributed by atoms with van der Waals surface area (Å²) in [6.45, 7) is 0.153. The minimum atomic E-state index is -0.469. The second-order valence-corrected chi connectivity index (χ2v) is 3.54. The van der Waals surface area contributed by atoms with Gasteiger partial charge in [0.2, 0.25) is 0 Å². The van der Waals surface area contributed by atoms with E-state index in [2.05, 4.69) is 10.3 Å². The van der Waals surface area contributed by atoms with Crippen LogP contribution in [0.25, 0.3) is 0 Å². The maximum Gasteiger partial charge on any atom is 0.128 e. The molecule has 3 N–H and O–H groups in total. The zero-order valence-corrected chi connectivity index (χ0v) is 8.95. The fraction of sp³-hybridized carbons (Fsp3) is 0.0833. The average Bonchev–Trinajstić information content (AvgIpc) is 2.30. The summed E-state index contributed by atoms with van der Waals surface area (Å²) in [5.41, 5.74) is 5.74. The average molecular weight is 235 g/mol. The number of nitrogen functional groups attached to an aromatic ring is 1. The van der Waals surface area contributed by atoms with Gasteiger partial charge in [-0.2, -0.15) is 0 Å². The molecule has 1 heterocycles. The van der Waals surface area contributed by atoms with Crippen molar-refractivity contribution >= 4 is 11.6 Å². The number of nitrogens with one attached hydrogen (secondary N) is 1. The van der Waals surface area contributed by atoms with Gasteiger partial charge in [0.05, 0.1) is 0 Å². The second kappa shape index (κ2) is 4.78. The fourth-order valence-electron chi connectivity index (χ4n) is 1.41. The molecular weight excluding hydrogens is 224 g/mol. The number of halogens is 2. The summed E-state index contributed by atoms with van der Waals surface area (Å²) in [7, 11) is 0. The minimum Gasteiger partial charge on any atom is -0.384 e. The van der Waals surface area contributed by atoms with Crippen LogP contribution >= 0.6 is 0 Å². The number of anilines is 2. The molecule has 0 atom stereocenters. The van der Waals surface area contributed by atoms with Crippen molar-refractivity contribution in [3.8, 4) is 0 Å². The summed E-state index contributed by atoms with van der Waals surface area (Å²) < 4.78 is 26.2. The van der Waals surface area contributed by atoms with Crippen LogP contribution in [0.5, 0.6) is 0 Å². The van der Waals surface area contributed by atoms with Crippen LogP contribution in [0.1, 0.15) is 5.56 Å². The largest absolute Gasteiger partial charge is 0.384 e. The molecule has 0 fully saturated rings. The van der Waals surface area contributed by atoms with Crippen molar-refractivity contribution in [1.29, 1.82) is 0 Å². The van der Waals surface area contributed by atoms with Crippen molar-refractivity contribution in [2.24, 2.45) is 0 Å². The summed E-state index contributed by atoms with van der Waals surface area (Å²) in [6.07, 6.45) is 0. The van der Waals surface area contributed by atoms with Crippen molar-refractivity contribution in [2.75, 3.05) is 11.1 Å².